The normalized spacial score (nSPS) is 16.6. The Hall–Kier alpha value is -2.64. The molecule has 0 bridgehead atoms. The highest BCUT2D eigenvalue weighted by Gasteiger charge is 2.42. The van der Waals surface area contributed by atoms with Gasteiger partial charge >= 0.3 is 7.25 Å². The SMILES string of the molecule is CC[N+]1=C(C)C(C)(C)c2cc(-c3ccc4c(c3)CCN4C(C)=O)ccc21.F[B-](F)(F)F. The van der Waals surface area contributed by atoms with Gasteiger partial charge in [0.1, 0.15) is 6.54 Å². The fraction of sp³-hybridized carbons (Fsp3) is 0.391. The Balaban J connectivity index is 0.000000491. The molecule has 0 N–H and O–H groups in total. The summed E-state index contributed by atoms with van der Waals surface area (Å²) < 4.78 is 41.4. The first kappa shape index (κ1) is 23.0. The van der Waals surface area contributed by atoms with Crippen LogP contribution in [0.3, 0.4) is 0 Å². The van der Waals surface area contributed by atoms with E-state index in [-0.39, 0.29) is 11.3 Å². The van der Waals surface area contributed by atoms with Gasteiger partial charge < -0.3 is 22.2 Å². The van der Waals surface area contributed by atoms with Gasteiger partial charge in [0.2, 0.25) is 11.6 Å². The fourth-order valence-electron chi connectivity index (χ4n) is 4.48. The number of fused-ring (bicyclic) bond motifs is 2. The molecule has 0 radical (unpaired) electrons. The number of amides is 1. The first-order valence-corrected chi connectivity index (χ1v) is 10.4. The summed E-state index contributed by atoms with van der Waals surface area (Å²) in [7, 11) is -6.00. The molecule has 2 aromatic carbocycles. The molecule has 1 amide bonds. The third kappa shape index (κ3) is 4.53. The molecule has 2 aliphatic rings. The standard InChI is InChI=1S/C23H27N2O.BF4/c1-6-24-15(2)23(4,5)20-14-18(8-10-22(20)24)17-7-9-21-19(13-17)11-12-25(21)16(3)26;2-1(3,4)5/h7-10,13-14H,6,11-12H2,1-5H3;/q+1;-1. The van der Waals surface area contributed by atoms with Crippen LogP contribution >= 0.6 is 0 Å². The molecule has 31 heavy (non-hydrogen) atoms. The summed E-state index contributed by atoms with van der Waals surface area (Å²) in [6, 6.07) is 13.4. The van der Waals surface area contributed by atoms with Crippen LogP contribution < -0.4 is 4.90 Å². The number of rotatable bonds is 2. The first-order valence-electron chi connectivity index (χ1n) is 10.4. The molecule has 0 unspecified atom stereocenters. The molecule has 0 saturated carbocycles. The Morgan fingerprint density at radius 3 is 2.26 bits per heavy atom. The van der Waals surface area contributed by atoms with Gasteiger partial charge in [-0.05, 0) is 68.1 Å². The molecule has 0 spiro atoms. The summed E-state index contributed by atoms with van der Waals surface area (Å²) in [5.74, 6) is 0.126. The third-order valence-electron chi connectivity index (χ3n) is 6.27. The Morgan fingerprint density at radius 1 is 1.10 bits per heavy atom. The average Bonchev–Trinajstić information content (AvgIpc) is 3.17. The van der Waals surface area contributed by atoms with Crippen molar-refractivity contribution >= 4 is 30.2 Å². The van der Waals surface area contributed by atoms with E-state index in [1.54, 1.807) is 6.92 Å². The van der Waals surface area contributed by atoms with Gasteiger partial charge in [0.05, 0.1) is 5.41 Å². The third-order valence-corrected chi connectivity index (χ3v) is 6.27. The monoisotopic (exact) mass is 434 g/mol. The van der Waals surface area contributed by atoms with Crippen molar-refractivity contribution in [2.24, 2.45) is 0 Å². The summed E-state index contributed by atoms with van der Waals surface area (Å²) in [5, 5.41) is 0. The van der Waals surface area contributed by atoms with E-state index < -0.39 is 7.25 Å². The van der Waals surface area contributed by atoms with Crippen molar-refractivity contribution in [1.82, 2.24) is 0 Å². The number of halogens is 4. The molecular weight excluding hydrogens is 407 g/mol. The Labute approximate surface area is 180 Å². The number of carbonyl (C=O) groups excluding carboxylic acids is 1. The van der Waals surface area contributed by atoms with Crippen LogP contribution in [0.2, 0.25) is 0 Å². The Bertz CT molecular complexity index is 1050. The molecule has 0 saturated heterocycles. The van der Waals surface area contributed by atoms with Crippen LogP contribution in [-0.4, -0.2) is 36.5 Å². The second-order valence-electron chi connectivity index (χ2n) is 8.45. The highest BCUT2D eigenvalue weighted by Crippen LogP contribution is 2.42. The number of benzene rings is 2. The molecule has 166 valence electrons. The van der Waals surface area contributed by atoms with E-state index in [0.717, 1.165) is 25.2 Å². The van der Waals surface area contributed by atoms with Gasteiger partial charge in [0, 0.05) is 37.7 Å². The number of hydrogen-bond donors (Lipinski definition) is 0. The van der Waals surface area contributed by atoms with Gasteiger partial charge in [-0.25, -0.2) is 0 Å². The van der Waals surface area contributed by atoms with Gasteiger partial charge in [-0.15, -0.1) is 0 Å². The van der Waals surface area contributed by atoms with E-state index in [4.69, 9.17) is 0 Å². The van der Waals surface area contributed by atoms with Gasteiger partial charge in [-0.3, -0.25) is 4.79 Å². The number of nitrogens with zero attached hydrogens (tertiary/aromatic N) is 2. The minimum Gasteiger partial charge on any atom is -0.418 e. The minimum absolute atomic E-state index is 0.0590. The lowest BCUT2D eigenvalue weighted by molar-refractivity contribution is -0.434. The van der Waals surface area contributed by atoms with E-state index in [1.807, 2.05) is 4.90 Å². The lowest BCUT2D eigenvalue weighted by atomic mass is 9.81. The van der Waals surface area contributed by atoms with Gasteiger partial charge in [0.15, 0.2) is 5.71 Å². The van der Waals surface area contributed by atoms with Crippen LogP contribution in [0, 0.1) is 0 Å². The highest BCUT2D eigenvalue weighted by molar-refractivity contribution is 6.50. The maximum Gasteiger partial charge on any atom is 0.673 e. The summed E-state index contributed by atoms with van der Waals surface area (Å²) in [6.45, 7) is 12.5. The molecule has 8 heteroatoms. The maximum atomic E-state index is 11.8. The van der Waals surface area contributed by atoms with E-state index in [1.165, 1.54) is 33.7 Å². The maximum absolute atomic E-state index is 11.8. The topological polar surface area (TPSA) is 23.3 Å². The minimum atomic E-state index is -6.00. The highest BCUT2D eigenvalue weighted by atomic mass is 19.5. The zero-order valence-electron chi connectivity index (χ0n) is 18.5. The molecule has 0 aromatic heterocycles. The quantitative estimate of drug-likeness (QED) is 0.324. The van der Waals surface area contributed by atoms with Crippen molar-refractivity contribution in [3.8, 4) is 11.1 Å². The fourth-order valence-corrected chi connectivity index (χ4v) is 4.48. The summed E-state index contributed by atoms with van der Waals surface area (Å²) in [5.41, 5.74) is 9.05. The zero-order chi connectivity index (χ0) is 23.1. The van der Waals surface area contributed by atoms with Crippen molar-refractivity contribution in [2.75, 3.05) is 18.0 Å². The predicted octanol–water partition coefficient (Wildman–Crippen LogP) is 5.98. The molecule has 2 aliphatic heterocycles. The molecule has 2 aromatic rings. The van der Waals surface area contributed by atoms with E-state index in [9.17, 15) is 22.1 Å². The molecular formula is C23H27BF4N2O. The van der Waals surface area contributed by atoms with Crippen LogP contribution in [0.1, 0.15) is 45.7 Å². The average molecular weight is 434 g/mol. The predicted molar refractivity (Wildman–Crippen MR) is 118 cm³/mol. The summed E-state index contributed by atoms with van der Waals surface area (Å²) in [4.78, 5) is 13.6. The largest absolute Gasteiger partial charge is 0.673 e. The van der Waals surface area contributed by atoms with Crippen LogP contribution in [0.5, 0.6) is 0 Å². The van der Waals surface area contributed by atoms with E-state index in [0.29, 0.717) is 0 Å². The molecule has 0 fully saturated rings. The smallest absolute Gasteiger partial charge is 0.418 e. The first-order chi connectivity index (χ1) is 14.3. The zero-order valence-corrected chi connectivity index (χ0v) is 18.5. The molecule has 0 aliphatic carbocycles. The Kier molecular flexibility index (Phi) is 6.04. The Morgan fingerprint density at radius 2 is 1.68 bits per heavy atom. The van der Waals surface area contributed by atoms with E-state index in [2.05, 4.69) is 68.7 Å². The van der Waals surface area contributed by atoms with Gasteiger partial charge in [-0.1, -0.05) is 6.07 Å². The molecule has 4 rings (SSSR count). The number of anilines is 1. The summed E-state index contributed by atoms with van der Waals surface area (Å²) in [6.07, 6.45) is 0.940. The lowest BCUT2D eigenvalue weighted by Crippen LogP contribution is -2.26. The van der Waals surface area contributed by atoms with Crippen molar-refractivity contribution in [3.05, 3.63) is 47.5 Å². The molecule has 2 heterocycles. The van der Waals surface area contributed by atoms with E-state index >= 15 is 0 Å². The van der Waals surface area contributed by atoms with Crippen LogP contribution in [0.4, 0.5) is 28.6 Å². The second kappa shape index (κ2) is 8.13. The van der Waals surface area contributed by atoms with Gasteiger partial charge in [-0.2, -0.15) is 4.58 Å². The lowest BCUT2D eigenvalue weighted by Gasteiger charge is -2.17. The van der Waals surface area contributed by atoms with Crippen molar-refractivity contribution < 1.29 is 26.6 Å². The second-order valence-corrected chi connectivity index (χ2v) is 8.45. The summed E-state index contributed by atoms with van der Waals surface area (Å²) >= 11 is 0. The van der Waals surface area contributed by atoms with Crippen molar-refractivity contribution in [1.29, 1.82) is 0 Å². The number of carbonyl (C=O) groups is 1. The van der Waals surface area contributed by atoms with Gasteiger partial charge in [0.25, 0.3) is 0 Å². The molecule has 0 atom stereocenters. The van der Waals surface area contributed by atoms with Crippen LogP contribution in [-0.2, 0) is 16.6 Å². The molecule has 3 nitrogen and oxygen atoms in total. The van der Waals surface area contributed by atoms with Crippen LogP contribution in [0.25, 0.3) is 11.1 Å². The van der Waals surface area contributed by atoms with Crippen molar-refractivity contribution in [3.63, 3.8) is 0 Å². The number of hydrogen-bond acceptors (Lipinski definition) is 1. The van der Waals surface area contributed by atoms with Crippen LogP contribution in [0.15, 0.2) is 36.4 Å². The van der Waals surface area contributed by atoms with Crippen molar-refractivity contribution in [2.45, 2.75) is 46.5 Å².